The zero-order chi connectivity index (χ0) is 12.3. The summed E-state index contributed by atoms with van der Waals surface area (Å²) in [6, 6.07) is 4.09. The lowest BCUT2D eigenvalue weighted by Gasteiger charge is -2.40. The first-order valence-electron chi connectivity index (χ1n) is 5.46. The molecule has 4 nitrogen and oxygen atoms in total. The first kappa shape index (κ1) is 12.9. The van der Waals surface area contributed by atoms with E-state index in [9.17, 15) is 0 Å². The Bertz CT molecular complexity index is 347. The zero-order valence-electron chi connectivity index (χ0n) is 10.8. The van der Waals surface area contributed by atoms with Crippen LogP contribution in [0.15, 0.2) is 18.3 Å². The van der Waals surface area contributed by atoms with Crippen LogP contribution in [0.4, 0.5) is 5.82 Å². The number of pyridine rings is 1. The Morgan fingerprint density at radius 1 is 1.44 bits per heavy atom. The summed E-state index contributed by atoms with van der Waals surface area (Å²) in [5, 5.41) is 3.32. The Kier molecular flexibility index (Phi) is 3.88. The number of nitrogens with zero attached hydrogens (tertiary/aromatic N) is 2. The lowest BCUT2D eigenvalue weighted by molar-refractivity contribution is 0.143. The number of nitrogens with one attached hydrogen (secondary N) is 1. The zero-order valence-corrected chi connectivity index (χ0v) is 10.8. The van der Waals surface area contributed by atoms with Crippen molar-refractivity contribution in [2.45, 2.75) is 25.4 Å². The quantitative estimate of drug-likeness (QED) is 0.805. The molecule has 0 saturated carbocycles. The molecule has 3 N–H and O–H groups in total. The minimum atomic E-state index is -0.0358. The molecule has 0 radical (unpaired) electrons. The van der Waals surface area contributed by atoms with Crippen LogP contribution in [0.3, 0.4) is 0 Å². The second kappa shape index (κ2) is 4.80. The summed E-state index contributed by atoms with van der Waals surface area (Å²) in [6.07, 6.45) is 1.72. The fraction of sp³-hybridized carbons (Fsp3) is 0.583. The third-order valence-electron chi connectivity index (χ3n) is 3.33. The van der Waals surface area contributed by atoms with E-state index in [1.807, 2.05) is 19.2 Å². The number of hydrogen-bond donors (Lipinski definition) is 2. The highest BCUT2D eigenvalue weighted by atomic mass is 15.2. The van der Waals surface area contributed by atoms with Gasteiger partial charge in [0.1, 0.15) is 5.82 Å². The molecule has 1 rings (SSSR count). The number of hydrogen-bond acceptors (Lipinski definition) is 4. The number of rotatable bonds is 4. The molecule has 0 saturated heterocycles. The van der Waals surface area contributed by atoms with Crippen LogP contribution < -0.4 is 11.1 Å². The predicted molar refractivity (Wildman–Crippen MR) is 68.2 cm³/mol. The van der Waals surface area contributed by atoms with Crippen molar-refractivity contribution in [1.82, 2.24) is 15.2 Å². The van der Waals surface area contributed by atoms with Crippen LogP contribution in [0.5, 0.6) is 0 Å². The van der Waals surface area contributed by atoms with Crippen molar-refractivity contribution >= 4 is 5.82 Å². The van der Waals surface area contributed by atoms with E-state index < -0.39 is 0 Å². The van der Waals surface area contributed by atoms with Crippen molar-refractivity contribution < 1.29 is 0 Å². The molecular weight excluding hydrogens is 200 g/mol. The third-order valence-corrected chi connectivity index (χ3v) is 3.33. The maximum absolute atomic E-state index is 5.92. The van der Waals surface area contributed by atoms with Crippen LogP contribution in [-0.2, 0) is 0 Å². The van der Waals surface area contributed by atoms with Gasteiger partial charge in [-0.25, -0.2) is 4.98 Å². The summed E-state index contributed by atoms with van der Waals surface area (Å²) in [4.78, 5) is 6.32. The largest absolute Gasteiger partial charge is 0.383 e. The van der Waals surface area contributed by atoms with E-state index in [2.05, 4.69) is 43.1 Å². The first-order chi connectivity index (χ1) is 7.41. The number of aromatic nitrogens is 1. The predicted octanol–water partition coefficient (Wildman–Crippen LogP) is 1.26. The monoisotopic (exact) mass is 222 g/mol. The molecule has 1 heterocycles. The second-order valence-corrected chi connectivity index (χ2v) is 4.75. The average Bonchev–Trinajstić information content (AvgIpc) is 2.21. The van der Waals surface area contributed by atoms with Gasteiger partial charge >= 0.3 is 0 Å². The highest BCUT2D eigenvalue weighted by molar-refractivity contribution is 5.42. The molecule has 1 aromatic heterocycles. The molecule has 0 aliphatic carbocycles. The highest BCUT2D eigenvalue weighted by Crippen LogP contribution is 2.31. The Morgan fingerprint density at radius 3 is 2.50 bits per heavy atom. The molecule has 0 spiro atoms. The highest BCUT2D eigenvalue weighted by Gasteiger charge is 2.32. The molecule has 0 bridgehead atoms. The Labute approximate surface area is 97.9 Å². The molecule has 0 aliphatic rings. The van der Waals surface area contributed by atoms with E-state index in [1.165, 1.54) is 0 Å². The molecule has 0 aromatic carbocycles. The Balaban J connectivity index is 3.13. The fourth-order valence-electron chi connectivity index (χ4n) is 1.82. The van der Waals surface area contributed by atoms with Gasteiger partial charge in [-0.2, -0.15) is 0 Å². The van der Waals surface area contributed by atoms with Crippen molar-refractivity contribution in [3.8, 4) is 0 Å². The smallest absolute Gasteiger partial charge is 0.128 e. The third kappa shape index (κ3) is 2.33. The molecule has 16 heavy (non-hydrogen) atoms. The summed E-state index contributed by atoms with van der Waals surface area (Å²) in [7, 11) is 6.08. The van der Waals surface area contributed by atoms with Crippen molar-refractivity contribution in [2.75, 3.05) is 26.9 Å². The molecular formula is C12H22N4. The van der Waals surface area contributed by atoms with Crippen LogP contribution in [-0.4, -0.2) is 36.6 Å². The van der Waals surface area contributed by atoms with Crippen molar-refractivity contribution in [2.24, 2.45) is 0 Å². The van der Waals surface area contributed by atoms with E-state index in [0.29, 0.717) is 5.82 Å². The Hall–Kier alpha value is -1.13. The van der Waals surface area contributed by atoms with Gasteiger partial charge in [0.25, 0.3) is 0 Å². The first-order valence-corrected chi connectivity index (χ1v) is 5.46. The maximum atomic E-state index is 5.92. The molecule has 1 atom stereocenters. The molecule has 4 heteroatoms. The fourth-order valence-corrected chi connectivity index (χ4v) is 1.82. The van der Waals surface area contributed by atoms with E-state index in [1.54, 1.807) is 6.20 Å². The number of nitrogen functional groups attached to an aromatic ring is 1. The van der Waals surface area contributed by atoms with E-state index in [-0.39, 0.29) is 11.6 Å². The minimum Gasteiger partial charge on any atom is -0.383 e. The van der Waals surface area contributed by atoms with Crippen molar-refractivity contribution in [1.29, 1.82) is 0 Å². The van der Waals surface area contributed by atoms with Gasteiger partial charge in [0.15, 0.2) is 0 Å². The van der Waals surface area contributed by atoms with E-state index in [4.69, 9.17) is 5.73 Å². The summed E-state index contributed by atoms with van der Waals surface area (Å²) < 4.78 is 0. The number of anilines is 1. The van der Waals surface area contributed by atoms with Crippen molar-refractivity contribution in [3.05, 3.63) is 23.9 Å². The average molecular weight is 222 g/mol. The summed E-state index contributed by atoms with van der Waals surface area (Å²) in [6.45, 7) is 4.36. The maximum Gasteiger partial charge on any atom is 0.128 e. The van der Waals surface area contributed by atoms with Crippen molar-refractivity contribution in [3.63, 3.8) is 0 Å². The van der Waals surface area contributed by atoms with Crippen LogP contribution in [0.1, 0.15) is 25.5 Å². The van der Waals surface area contributed by atoms with Gasteiger partial charge in [-0.1, -0.05) is 6.07 Å². The Morgan fingerprint density at radius 2 is 2.06 bits per heavy atom. The standard InChI is InChI=1S/C12H22N4/c1-12(2,16(4)5)10(14-3)9-7-6-8-15-11(9)13/h6-8,10,14H,1-5H3,(H2,13,15). The summed E-state index contributed by atoms with van der Waals surface area (Å²) in [5.74, 6) is 0.594. The lowest BCUT2D eigenvalue weighted by Crippen LogP contribution is -2.48. The second-order valence-electron chi connectivity index (χ2n) is 4.75. The molecule has 0 amide bonds. The number of likely N-dealkylation sites (N-methyl/N-ethyl adjacent to an activating group) is 2. The summed E-state index contributed by atoms with van der Waals surface area (Å²) >= 11 is 0. The minimum absolute atomic E-state index is 0.0358. The molecule has 0 fully saturated rings. The topological polar surface area (TPSA) is 54.2 Å². The molecule has 90 valence electrons. The van der Waals surface area contributed by atoms with Crippen LogP contribution in [0.2, 0.25) is 0 Å². The molecule has 0 aliphatic heterocycles. The van der Waals surface area contributed by atoms with Crippen LogP contribution >= 0.6 is 0 Å². The van der Waals surface area contributed by atoms with Gasteiger partial charge in [0, 0.05) is 17.3 Å². The van der Waals surface area contributed by atoms with Crippen LogP contribution in [0.25, 0.3) is 0 Å². The molecule has 1 unspecified atom stereocenters. The van der Waals surface area contributed by atoms with E-state index >= 15 is 0 Å². The van der Waals surface area contributed by atoms with Crippen LogP contribution in [0, 0.1) is 0 Å². The normalized spacial score (nSPS) is 14.1. The number of nitrogens with two attached hydrogens (primary N) is 1. The van der Waals surface area contributed by atoms with Gasteiger partial charge in [0.2, 0.25) is 0 Å². The molecule has 1 aromatic rings. The van der Waals surface area contributed by atoms with Gasteiger partial charge < -0.3 is 16.0 Å². The van der Waals surface area contributed by atoms with Gasteiger partial charge in [-0.15, -0.1) is 0 Å². The van der Waals surface area contributed by atoms with Gasteiger partial charge in [0.05, 0.1) is 6.04 Å². The van der Waals surface area contributed by atoms with E-state index in [0.717, 1.165) is 5.56 Å². The van der Waals surface area contributed by atoms with Gasteiger partial charge in [-0.05, 0) is 41.1 Å². The van der Waals surface area contributed by atoms with Gasteiger partial charge in [-0.3, -0.25) is 0 Å². The summed E-state index contributed by atoms with van der Waals surface area (Å²) in [5.41, 5.74) is 6.93. The lowest BCUT2D eigenvalue weighted by atomic mass is 9.88. The SMILES string of the molecule is CNC(c1cccnc1N)C(C)(C)N(C)C.